The number of nitrogens with two attached hydrogens (primary N) is 2. The van der Waals surface area contributed by atoms with Crippen molar-refractivity contribution in [3.05, 3.63) is 71.9 Å². The van der Waals surface area contributed by atoms with Gasteiger partial charge in [-0.15, -0.1) is 0 Å². The SMILES string of the molecule is CN[C@@H](Cc1c[nH]c2ccccc12)C(=O)NC(CCCCNC(=O)CC(NC(=O)CNC(=O)CC1CCCC1)C(=O)N[C@@H](CCN)C(=O)NC(Cc1ccccc1)C(=O)NCC=O)C(N)=O. The molecule has 66 heavy (non-hydrogen) atoms. The second-order valence-electron chi connectivity index (χ2n) is 16.5. The predicted molar refractivity (Wildman–Crippen MR) is 246 cm³/mol. The number of aromatic amines is 1. The Balaban J connectivity index is 1.35. The summed E-state index contributed by atoms with van der Waals surface area (Å²) in [5, 5.41) is 22.1. The summed E-state index contributed by atoms with van der Waals surface area (Å²) in [6.07, 6.45) is 7.23. The molecule has 0 saturated heterocycles. The summed E-state index contributed by atoms with van der Waals surface area (Å²) in [5.41, 5.74) is 14.0. The van der Waals surface area contributed by atoms with Crippen LogP contribution in [0, 0.1) is 5.92 Å². The van der Waals surface area contributed by atoms with Gasteiger partial charge in [0.15, 0.2) is 0 Å². The molecule has 0 bridgehead atoms. The Labute approximate surface area is 384 Å². The molecule has 3 aromatic rings. The van der Waals surface area contributed by atoms with Crippen molar-refractivity contribution in [3.8, 4) is 0 Å². The van der Waals surface area contributed by atoms with E-state index in [-0.39, 0.29) is 57.1 Å². The number of aldehydes is 1. The van der Waals surface area contributed by atoms with Gasteiger partial charge in [0, 0.05) is 36.5 Å². The highest BCUT2D eigenvalue weighted by atomic mass is 16.2. The van der Waals surface area contributed by atoms with E-state index in [4.69, 9.17) is 11.5 Å². The molecule has 1 fully saturated rings. The van der Waals surface area contributed by atoms with E-state index in [1.807, 2.05) is 30.5 Å². The number of aromatic nitrogens is 1. The summed E-state index contributed by atoms with van der Waals surface area (Å²) in [7, 11) is 1.65. The van der Waals surface area contributed by atoms with Gasteiger partial charge in [-0.3, -0.25) is 38.4 Å². The van der Waals surface area contributed by atoms with Crippen LogP contribution in [0.4, 0.5) is 0 Å². The quantitative estimate of drug-likeness (QED) is 0.0297. The first-order valence-electron chi connectivity index (χ1n) is 22.5. The lowest BCUT2D eigenvalue weighted by atomic mass is 10.0. The van der Waals surface area contributed by atoms with Gasteiger partial charge in [-0.25, -0.2) is 0 Å². The molecule has 0 spiro atoms. The highest BCUT2D eigenvalue weighted by molar-refractivity contribution is 5.97. The van der Waals surface area contributed by atoms with Gasteiger partial charge in [-0.2, -0.15) is 0 Å². The second kappa shape index (κ2) is 27.6. The Morgan fingerprint density at radius 1 is 0.697 bits per heavy atom. The Kier molecular flexibility index (Phi) is 21.7. The molecule has 1 aliphatic carbocycles. The van der Waals surface area contributed by atoms with E-state index in [0.717, 1.165) is 42.1 Å². The van der Waals surface area contributed by atoms with Gasteiger partial charge < -0.3 is 63.8 Å². The molecule has 2 aromatic carbocycles. The molecule has 8 amide bonds. The van der Waals surface area contributed by atoms with Crippen LogP contribution >= 0.6 is 0 Å². The molecule has 4 rings (SSSR count). The van der Waals surface area contributed by atoms with E-state index in [2.05, 4.69) is 47.5 Å². The van der Waals surface area contributed by atoms with Gasteiger partial charge in [0.05, 0.1) is 25.6 Å². The summed E-state index contributed by atoms with van der Waals surface area (Å²) >= 11 is 0. The number of rotatable bonds is 29. The van der Waals surface area contributed by atoms with Crippen molar-refractivity contribution in [3.63, 3.8) is 0 Å². The van der Waals surface area contributed by atoms with Crippen LogP contribution in [0.1, 0.15) is 75.3 Å². The molecule has 1 aromatic heterocycles. The van der Waals surface area contributed by atoms with Gasteiger partial charge in [0.2, 0.25) is 47.3 Å². The van der Waals surface area contributed by atoms with Crippen molar-refractivity contribution in [1.82, 2.24) is 47.5 Å². The van der Waals surface area contributed by atoms with Crippen LogP contribution in [-0.2, 0) is 56.0 Å². The molecule has 1 saturated carbocycles. The molecule has 3 unspecified atom stereocenters. The molecule has 1 aliphatic rings. The highest BCUT2D eigenvalue weighted by Crippen LogP contribution is 2.27. The zero-order valence-electron chi connectivity index (χ0n) is 37.5. The zero-order valence-corrected chi connectivity index (χ0v) is 37.5. The number of para-hydroxylation sites is 1. The summed E-state index contributed by atoms with van der Waals surface area (Å²) in [4.78, 5) is 119. The van der Waals surface area contributed by atoms with Crippen molar-refractivity contribution in [1.29, 1.82) is 0 Å². The number of primary amides is 1. The van der Waals surface area contributed by atoms with Crippen LogP contribution in [0.25, 0.3) is 10.9 Å². The summed E-state index contributed by atoms with van der Waals surface area (Å²) in [6.45, 7) is -0.712. The van der Waals surface area contributed by atoms with Crippen LogP contribution in [0.2, 0.25) is 0 Å². The Morgan fingerprint density at radius 2 is 1.36 bits per heavy atom. The average molecular weight is 916 g/mol. The fourth-order valence-corrected chi connectivity index (χ4v) is 7.85. The largest absolute Gasteiger partial charge is 0.368 e. The lowest BCUT2D eigenvalue weighted by Gasteiger charge is -2.25. The minimum Gasteiger partial charge on any atom is -0.368 e. The number of fused-ring (bicyclic) bond motifs is 1. The van der Waals surface area contributed by atoms with E-state index in [1.54, 1.807) is 37.4 Å². The van der Waals surface area contributed by atoms with E-state index >= 15 is 0 Å². The predicted octanol–water partition coefficient (Wildman–Crippen LogP) is -0.997. The van der Waals surface area contributed by atoms with Crippen LogP contribution in [-0.4, -0.2) is 122 Å². The highest BCUT2D eigenvalue weighted by Gasteiger charge is 2.31. The van der Waals surface area contributed by atoms with Gasteiger partial charge in [-0.1, -0.05) is 61.4 Å². The topological polar surface area (TPSA) is 318 Å². The summed E-state index contributed by atoms with van der Waals surface area (Å²) in [6, 6.07) is 11.0. The Morgan fingerprint density at radius 3 is 2.06 bits per heavy atom. The molecule has 20 nitrogen and oxygen atoms in total. The number of H-pyrrole nitrogens is 1. The number of amides is 8. The van der Waals surface area contributed by atoms with Gasteiger partial charge in [-0.05, 0) is 81.6 Å². The first kappa shape index (κ1) is 52.0. The van der Waals surface area contributed by atoms with E-state index in [9.17, 15) is 43.2 Å². The second-order valence-corrected chi connectivity index (χ2v) is 16.5. The fraction of sp³-hybridized carbons (Fsp3) is 0.500. The maximum atomic E-state index is 13.8. The minimum atomic E-state index is -1.51. The summed E-state index contributed by atoms with van der Waals surface area (Å²) in [5.74, 6) is -4.90. The smallest absolute Gasteiger partial charge is 0.243 e. The van der Waals surface area contributed by atoms with Crippen molar-refractivity contribution in [2.75, 3.05) is 33.2 Å². The van der Waals surface area contributed by atoms with Crippen molar-refractivity contribution < 1.29 is 43.2 Å². The van der Waals surface area contributed by atoms with Gasteiger partial charge >= 0.3 is 0 Å². The summed E-state index contributed by atoms with van der Waals surface area (Å²) < 4.78 is 0. The fourth-order valence-electron chi connectivity index (χ4n) is 7.85. The number of likely N-dealkylation sites (N-methyl/N-ethyl adjacent to an activating group) is 1. The van der Waals surface area contributed by atoms with Gasteiger partial charge in [0.25, 0.3) is 0 Å². The number of carbonyl (C=O) groups is 9. The molecular formula is C46H65N11O9. The van der Waals surface area contributed by atoms with Crippen LogP contribution in [0.5, 0.6) is 0 Å². The zero-order chi connectivity index (χ0) is 47.8. The third kappa shape index (κ3) is 17.4. The Hall–Kier alpha value is -6.67. The number of hydrogen-bond acceptors (Lipinski definition) is 11. The third-order valence-electron chi connectivity index (χ3n) is 11.5. The monoisotopic (exact) mass is 915 g/mol. The minimum absolute atomic E-state index is 0.0625. The lowest BCUT2D eigenvalue weighted by Crippen LogP contribution is -2.58. The number of hydrogen-bond donors (Lipinski definition) is 11. The van der Waals surface area contributed by atoms with Crippen molar-refractivity contribution in [2.24, 2.45) is 17.4 Å². The van der Waals surface area contributed by atoms with E-state index in [0.29, 0.717) is 31.1 Å². The first-order chi connectivity index (χ1) is 31.8. The molecular weight excluding hydrogens is 851 g/mol. The molecule has 20 heteroatoms. The average Bonchev–Trinajstić information content (AvgIpc) is 3.98. The molecule has 358 valence electrons. The standard InChI is InChI=1S/C46H65N11O9/c1-49-36(25-31-27-52-33-16-8-7-15-32(31)33)45(65)55-34(42(48)62)17-9-10-20-50-40(60)26-38(54-41(61)28-53-39(59)24-30-13-5-6-14-30)46(66)56-35(18-19-47)44(64)57-37(43(63)51-21-22-58)23-29-11-3-2-4-12-29/h2-4,7-8,11-12,15-16,22,27,30,34-38,49,52H,5-6,9-10,13-14,17-21,23-26,28,47H2,1H3,(H2,48,62)(H,50,60)(H,51,63)(H,53,59)(H,54,61)(H,55,65)(H,56,66)(H,57,64)/t34?,35-,36-,37?,38?/m0/s1. The van der Waals surface area contributed by atoms with Crippen molar-refractivity contribution in [2.45, 2.75) is 107 Å². The van der Waals surface area contributed by atoms with E-state index in [1.165, 1.54) is 0 Å². The number of benzene rings is 2. The molecule has 5 atom stereocenters. The van der Waals surface area contributed by atoms with E-state index < -0.39 is 84.5 Å². The maximum Gasteiger partial charge on any atom is 0.243 e. The van der Waals surface area contributed by atoms with Crippen molar-refractivity contribution >= 4 is 64.4 Å². The molecule has 0 aliphatic heterocycles. The number of carbonyl (C=O) groups excluding carboxylic acids is 9. The van der Waals surface area contributed by atoms with Crippen LogP contribution in [0.15, 0.2) is 60.8 Å². The van der Waals surface area contributed by atoms with Gasteiger partial charge in [0.1, 0.15) is 30.5 Å². The Bertz CT molecular complexity index is 2110. The van der Waals surface area contributed by atoms with Crippen LogP contribution in [0.3, 0.4) is 0 Å². The lowest BCUT2D eigenvalue weighted by molar-refractivity contribution is -0.135. The molecule has 0 radical (unpaired) electrons. The molecule has 13 N–H and O–H groups in total. The third-order valence-corrected chi connectivity index (χ3v) is 11.5. The number of unbranched alkanes of at least 4 members (excludes halogenated alkanes) is 1. The molecule has 1 heterocycles. The van der Waals surface area contributed by atoms with Crippen LogP contribution < -0.4 is 54.0 Å². The normalized spacial score (nSPS) is 14.7. The maximum absolute atomic E-state index is 13.8. The first-order valence-corrected chi connectivity index (χ1v) is 22.5. The number of nitrogens with one attached hydrogen (secondary N) is 9.